The van der Waals surface area contributed by atoms with Gasteiger partial charge in [0.05, 0.1) is 5.69 Å². The minimum atomic E-state index is -4.41. The second-order valence-electron chi connectivity index (χ2n) is 6.83. The van der Waals surface area contributed by atoms with E-state index in [2.05, 4.69) is 4.90 Å². The number of benzene rings is 1. The molecule has 2 fully saturated rings. The average Bonchev–Trinajstić information content (AvgIpc) is 2.61. The fraction of sp³-hybridized carbons (Fsp3) is 0.667. The van der Waals surface area contributed by atoms with Crippen molar-refractivity contribution in [3.05, 3.63) is 24.0 Å². The van der Waals surface area contributed by atoms with Crippen LogP contribution in [-0.2, 0) is 0 Å². The Kier molecular flexibility index (Phi) is 5.71. The zero-order valence-corrected chi connectivity index (χ0v) is 14.2. The number of piperazine rings is 1. The van der Waals surface area contributed by atoms with E-state index in [1.165, 1.54) is 44.2 Å². The summed E-state index contributed by atoms with van der Waals surface area (Å²) in [6.07, 6.45) is 1.87. The molecule has 1 aliphatic carbocycles. The summed E-state index contributed by atoms with van der Waals surface area (Å²) in [6.45, 7) is 1.66. The summed E-state index contributed by atoms with van der Waals surface area (Å²) >= 11 is 0. The normalized spacial score (nSPS) is 20.7. The van der Waals surface area contributed by atoms with Gasteiger partial charge in [-0.05, 0) is 25.0 Å². The predicted molar refractivity (Wildman–Crippen MR) is 88.6 cm³/mol. The summed E-state index contributed by atoms with van der Waals surface area (Å²) in [7, 11) is 0. The highest BCUT2D eigenvalue weighted by molar-refractivity contribution is 5.59. The zero-order chi connectivity index (χ0) is 17.9. The summed E-state index contributed by atoms with van der Waals surface area (Å²) in [6, 6.07) is 4.30. The first kappa shape index (κ1) is 18.3. The molecule has 1 aliphatic heterocycles. The topological polar surface area (TPSA) is 15.7 Å². The van der Waals surface area contributed by atoms with Crippen LogP contribution in [0, 0.1) is 5.82 Å². The van der Waals surface area contributed by atoms with Crippen molar-refractivity contribution < 1.29 is 22.3 Å². The Morgan fingerprint density at radius 3 is 2.32 bits per heavy atom. The minimum absolute atomic E-state index is 0.0878. The third-order valence-corrected chi connectivity index (χ3v) is 5.06. The van der Waals surface area contributed by atoms with Gasteiger partial charge in [0.15, 0.2) is 6.61 Å². The largest absolute Gasteiger partial charge is 0.482 e. The first-order chi connectivity index (χ1) is 11.9. The summed E-state index contributed by atoms with van der Waals surface area (Å²) in [4.78, 5) is 4.39. The van der Waals surface area contributed by atoms with Crippen LogP contribution < -0.4 is 9.64 Å². The molecule has 1 saturated carbocycles. The van der Waals surface area contributed by atoms with E-state index >= 15 is 0 Å². The highest BCUT2D eigenvalue weighted by atomic mass is 19.4. The SMILES string of the molecule is Fc1ccc(OCC(F)(F)F)c(N2CCN(C3CCCCC3)CC2)c1. The van der Waals surface area contributed by atoms with Crippen molar-refractivity contribution in [2.45, 2.75) is 44.3 Å². The Hall–Kier alpha value is -1.50. The average molecular weight is 360 g/mol. The lowest BCUT2D eigenvalue weighted by Crippen LogP contribution is -2.51. The van der Waals surface area contributed by atoms with Crippen LogP contribution in [0.1, 0.15) is 32.1 Å². The summed E-state index contributed by atoms with van der Waals surface area (Å²) in [5, 5.41) is 0. The highest BCUT2D eigenvalue weighted by Crippen LogP contribution is 2.32. The molecule has 1 heterocycles. The summed E-state index contributed by atoms with van der Waals surface area (Å²) in [5.41, 5.74) is 0.410. The van der Waals surface area contributed by atoms with Crippen molar-refractivity contribution in [1.82, 2.24) is 4.90 Å². The van der Waals surface area contributed by atoms with E-state index in [1.807, 2.05) is 4.90 Å². The van der Waals surface area contributed by atoms with Crippen molar-refractivity contribution in [3.63, 3.8) is 0 Å². The van der Waals surface area contributed by atoms with Gasteiger partial charge < -0.3 is 9.64 Å². The van der Waals surface area contributed by atoms with Crippen LogP contribution in [0.15, 0.2) is 18.2 Å². The number of hydrogen-bond donors (Lipinski definition) is 0. The molecule has 0 atom stereocenters. The molecule has 3 rings (SSSR count). The highest BCUT2D eigenvalue weighted by Gasteiger charge is 2.30. The number of alkyl halides is 3. The van der Waals surface area contributed by atoms with Gasteiger partial charge in [0, 0.05) is 38.3 Å². The van der Waals surface area contributed by atoms with Gasteiger partial charge in [-0.1, -0.05) is 19.3 Å². The van der Waals surface area contributed by atoms with Crippen LogP contribution in [0.25, 0.3) is 0 Å². The predicted octanol–water partition coefficient (Wildman–Crippen LogP) is 4.22. The summed E-state index contributed by atoms with van der Waals surface area (Å²) < 4.78 is 55.8. The second kappa shape index (κ2) is 7.81. The lowest BCUT2D eigenvalue weighted by atomic mass is 9.94. The molecule has 7 heteroatoms. The zero-order valence-electron chi connectivity index (χ0n) is 14.2. The van der Waals surface area contributed by atoms with Gasteiger partial charge in [-0.3, -0.25) is 4.90 Å². The van der Waals surface area contributed by atoms with E-state index in [1.54, 1.807) is 0 Å². The smallest absolute Gasteiger partial charge is 0.422 e. The van der Waals surface area contributed by atoms with Crippen molar-refractivity contribution in [2.75, 3.05) is 37.7 Å². The number of halogens is 4. The molecule has 3 nitrogen and oxygen atoms in total. The van der Waals surface area contributed by atoms with Crippen molar-refractivity contribution in [2.24, 2.45) is 0 Å². The van der Waals surface area contributed by atoms with Gasteiger partial charge >= 0.3 is 6.18 Å². The quantitative estimate of drug-likeness (QED) is 0.748. The number of nitrogens with zero attached hydrogens (tertiary/aromatic N) is 2. The lowest BCUT2D eigenvalue weighted by Gasteiger charge is -2.41. The van der Waals surface area contributed by atoms with Crippen LogP contribution in [0.4, 0.5) is 23.2 Å². The molecule has 140 valence electrons. The molecule has 1 aromatic carbocycles. The number of hydrogen-bond acceptors (Lipinski definition) is 3. The van der Waals surface area contributed by atoms with E-state index in [0.29, 0.717) is 24.8 Å². The summed E-state index contributed by atoms with van der Waals surface area (Å²) in [5.74, 6) is -0.381. The van der Waals surface area contributed by atoms with Crippen molar-refractivity contribution in [3.8, 4) is 5.75 Å². The number of anilines is 1. The fourth-order valence-electron chi connectivity index (χ4n) is 3.79. The molecular formula is C18H24F4N2O. The Bertz CT molecular complexity index is 565. The van der Waals surface area contributed by atoms with Crippen LogP contribution >= 0.6 is 0 Å². The van der Waals surface area contributed by atoms with Crippen molar-refractivity contribution >= 4 is 5.69 Å². The Balaban J connectivity index is 1.64. The van der Waals surface area contributed by atoms with E-state index in [0.717, 1.165) is 19.2 Å². The van der Waals surface area contributed by atoms with E-state index < -0.39 is 18.6 Å². The van der Waals surface area contributed by atoms with E-state index in [-0.39, 0.29) is 5.75 Å². The maximum atomic E-state index is 13.6. The second-order valence-corrected chi connectivity index (χ2v) is 6.83. The molecule has 0 radical (unpaired) electrons. The van der Waals surface area contributed by atoms with Gasteiger partial charge in [0.25, 0.3) is 0 Å². The van der Waals surface area contributed by atoms with Crippen LogP contribution in [-0.4, -0.2) is 49.9 Å². The van der Waals surface area contributed by atoms with E-state index in [4.69, 9.17) is 4.74 Å². The maximum absolute atomic E-state index is 13.6. The van der Waals surface area contributed by atoms with Gasteiger partial charge in [0.2, 0.25) is 0 Å². The molecule has 2 aliphatic rings. The standard InChI is InChI=1S/C18H24F4N2O/c19-14-6-7-17(25-13-18(20,21)22)16(12-14)24-10-8-23(9-11-24)15-4-2-1-3-5-15/h6-7,12,15H,1-5,8-11,13H2. The third kappa shape index (κ3) is 5.00. The van der Waals surface area contributed by atoms with Gasteiger partial charge in [-0.25, -0.2) is 4.39 Å². The Labute approximate surface area is 145 Å². The van der Waals surface area contributed by atoms with Crippen LogP contribution in [0.2, 0.25) is 0 Å². The first-order valence-electron chi connectivity index (χ1n) is 8.90. The van der Waals surface area contributed by atoms with Crippen molar-refractivity contribution in [1.29, 1.82) is 0 Å². The molecule has 0 amide bonds. The molecule has 0 bridgehead atoms. The first-order valence-corrected chi connectivity index (χ1v) is 8.90. The Morgan fingerprint density at radius 2 is 1.68 bits per heavy atom. The lowest BCUT2D eigenvalue weighted by molar-refractivity contribution is -0.153. The van der Waals surface area contributed by atoms with Gasteiger partial charge in [-0.2, -0.15) is 13.2 Å². The molecule has 25 heavy (non-hydrogen) atoms. The van der Waals surface area contributed by atoms with Gasteiger partial charge in [-0.15, -0.1) is 0 Å². The fourth-order valence-corrected chi connectivity index (χ4v) is 3.79. The molecule has 0 aromatic heterocycles. The molecule has 0 N–H and O–H groups in total. The van der Waals surface area contributed by atoms with Crippen LogP contribution in [0.3, 0.4) is 0 Å². The monoisotopic (exact) mass is 360 g/mol. The maximum Gasteiger partial charge on any atom is 0.422 e. The molecule has 1 saturated heterocycles. The molecule has 0 spiro atoms. The minimum Gasteiger partial charge on any atom is -0.482 e. The Morgan fingerprint density at radius 1 is 1.00 bits per heavy atom. The molecule has 0 unspecified atom stereocenters. The van der Waals surface area contributed by atoms with Gasteiger partial charge in [0.1, 0.15) is 11.6 Å². The third-order valence-electron chi connectivity index (χ3n) is 5.06. The number of ether oxygens (including phenoxy) is 1. The molecular weight excluding hydrogens is 336 g/mol. The van der Waals surface area contributed by atoms with E-state index in [9.17, 15) is 17.6 Å². The molecule has 1 aromatic rings. The van der Waals surface area contributed by atoms with Crippen LogP contribution in [0.5, 0.6) is 5.75 Å². The number of rotatable bonds is 4.